The van der Waals surface area contributed by atoms with Crippen LogP contribution in [0, 0.1) is 0 Å². The van der Waals surface area contributed by atoms with Crippen LogP contribution < -0.4 is 19.1 Å². The summed E-state index contributed by atoms with van der Waals surface area (Å²) in [6.07, 6.45) is 1.61. The number of carbonyl (C=O) groups excluding carboxylic acids is 3. The van der Waals surface area contributed by atoms with Crippen LogP contribution in [0.15, 0.2) is 36.4 Å². The number of methoxy groups -OCH3 is 2. The van der Waals surface area contributed by atoms with Gasteiger partial charge in [0, 0.05) is 11.6 Å². The Labute approximate surface area is 203 Å². The molecule has 2 aliphatic heterocycles. The molecule has 0 aliphatic carbocycles. The lowest BCUT2D eigenvalue weighted by Gasteiger charge is -2.23. The topological polar surface area (TPSA) is 122 Å². The Morgan fingerprint density at radius 1 is 1.11 bits per heavy atom. The molecule has 0 aromatic heterocycles. The van der Waals surface area contributed by atoms with Gasteiger partial charge in [0.05, 0.1) is 32.7 Å². The molecule has 2 aliphatic rings. The van der Waals surface area contributed by atoms with E-state index in [1.54, 1.807) is 44.2 Å². The van der Waals surface area contributed by atoms with Crippen molar-refractivity contribution in [3.63, 3.8) is 0 Å². The van der Waals surface area contributed by atoms with Crippen LogP contribution in [0.3, 0.4) is 0 Å². The predicted octanol–water partition coefficient (Wildman–Crippen LogP) is 2.06. The summed E-state index contributed by atoms with van der Waals surface area (Å²) < 4.78 is 36.2. The summed E-state index contributed by atoms with van der Waals surface area (Å²) in [4.78, 5) is 39.9. The Morgan fingerprint density at radius 3 is 2.43 bits per heavy atom. The summed E-state index contributed by atoms with van der Waals surface area (Å²) in [6.45, 7) is 2.91. The molecule has 10 nitrogen and oxygen atoms in total. The molecule has 0 radical (unpaired) electrons. The van der Waals surface area contributed by atoms with Gasteiger partial charge in [0.2, 0.25) is 10.0 Å². The van der Waals surface area contributed by atoms with Crippen LogP contribution in [-0.2, 0) is 26.8 Å². The minimum Gasteiger partial charge on any atom is -0.493 e. The van der Waals surface area contributed by atoms with Gasteiger partial charge in [-0.25, -0.2) is 13.2 Å². The molecule has 11 heteroatoms. The van der Waals surface area contributed by atoms with Crippen LogP contribution in [-0.4, -0.2) is 64.1 Å². The molecule has 2 heterocycles. The zero-order valence-corrected chi connectivity index (χ0v) is 20.9. The number of carbonyl (C=O) groups is 3. The van der Waals surface area contributed by atoms with Crippen LogP contribution >= 0.6 is 0 Å². The SMILES string of the molecule is COc1ccc(C2(C)NC(=O)N(CC(=O)c3ccc4c(c3)CC(C)N4S(C)(=O)=O)C2=O)cc1OC. The first-order chi connectivity index (χ1) is 16.4. The summed E-state index contributed by atoms with van der Waals surface area (Å²) in [5.74, 6) is -0.123. The van der Waals surface area contributed by atoms with E-state index in [-0.39, 0.29) is 6.04 Å². The first kappa shape index (κ1) is 24.5. The van der Waals surface area contributed by atoms with Gasteiger partial charge in [-0.1, -0.05) is 6.07 Å². The molecule has 3 amide bonds. The Balaban J connectivity index is 1.57. The molecule has 0 bridgehead atoms. The van der Waals surface area contributed by atoms with Crippen molar-refractivity contribution in [2.45, 2.75) is 31.8 Å². The van der Waals surface area contributed by atoms with Gasteiger partial charge in [-0.15, -0.1) is 0 Å². The minimum atomic E-state index is -3.45. The van der Waals surface area contributed by atoms with Crippen molar-refractivity contribution in [3.8, 4) is 11.5 Å². The Hall–Kier alpha value is -3.60. The van der Waals surface area contributed by atoms with Crippen molar-refractivity contribution in [3.05, 3.63) is 53.1 Å². The summed E-state index contributed by atoms with van der Waals surface area (Å²) in [6, 6.07) is 8.69. The van der Waals surface area contributed by atoms with Gasteiger partial charge in [0.15, 0.2) is 17.3 Å². The average molecular weight is 502 g/mol. The molecule has 0 spiro atoms. The molecule has 0 saturated carbocycles. The number of Topliss-reactive ketones (excluding diaryl/α,β-unsaturated/α-hetero) is 1. The van der Waals surface area contributed by atoms with E-state index < -0.39 is 39.8 Å². The predicted molar refractivity (Wildman–Crippen MR) is 128 cm³/mol. The third-order valence-electron chi connectivity index (χ3n) is 6.45. The van der Waals surface area contributed by atoms with Gasteiger partial charge in [0.1, 0.15) is 5.54 Å². The lowest BCUT2D eigenvalue weighted by molar-refractivity contribution is -0.130. The number of sulfonamides is 1. The monoisotopic (exact) mass is 501 g/mol. The molecule has 1 N–H and O–H groups in total. The number of nitrogens with one attached hydrogen (secondary N) is 1. The molecular weight excluding hydrogens is 474 g/mol. The van der Waals surface area contributed by atoms with Crippen LogP contribution in [0.25, 0.3) is 0 Å². The number of urea groups is 1. The molecule has 4 rings (SSSR count). The van der Waals surface area contributed by atoms with Crippen molar-refractivity contribution in [2.75, 3.05) is 31.3 Å². The molecule has 186 valence electrons. The van der Waals surface area contributed by atoms with Gasteiger partial charge in [-0.2, -0.15) is 0 Å². The fourth-order valence-corrected chi connectivity index (χ4v) is 5.96. The second kappa shape index (κ2) is 8.56. The Bertz CT molecular complexity index is 1340. The Morgan fingerprint density at radius 2 is 1.80 bits per heavy atom. The zero-order chi connectivity index (χ0) is 25.7. The third-order valence-corrected chi connectivity index (χ3v) is 7.72. The highest BCUT2D eigenvalue weighted by molar-refractivity contribution is 7.92. The zero-order valence-electron chi connectivity index (χ0n) is 20.1. The summed E-state index contributed by atoms with van der Waals surface area (Å²) in [5.41, 5.74) is 0.649. The van der Waals surface area contributed by atoms with E-state index >= 15 is 0 Å². The smallest absolute Gasteiger partial charge is 0.325 e. The third kappa shape index (κ3) is 4.09. The summed E-state index contributed by atoms with van der Waals surface area (Å²) in [7, 11) is -0.492. The maximum Gasteiger partial charge on any atom is 0.325 e. The number of hydrogen-bond acceptors (Lipinski definition) is 7. The summed E-state index contributed by atoms with van der Waals surface area (Å²) in [5, 5.41) is 2.68. The maximum atomic E-state index is 13.3. The van der Waals surface area contributed by atoms with E-state index in [4.69, 9.17) is 9.47 Å². The standard InChI is InChI=1S/C24H27N3O7S/c1-14-10-16-11-15(6-8-18(16)27(14)35(5,31)32)19(28)13-26-22(29)24(2,25-23(26)30)17-7-9-20(33-3)21(12-17)34-4/h6-9,11-12,14H,10,13H2,1-5H3,(H,25,30). The molecule has 35 heavy (non-hydrogen) atoms. The molecule has 2 aromatic rings. The number of ether oxygens (including phenoxy) is 2. The number of anilines is 1. The Kier molecular flexibility index (Phi) is 6.00. The summed E-state index contributed by atoms with van der Waals surface area (Å²) >= 11 is 0. The van der Waals surface area contributed by atoms with Gasteiger partial charge >= 0.3 is 6.03 Å². The molecular formula is C24H27N3O7S. The highest BCUT2D eigenvalue weighted by atomic mass is 32.2. The number of fused-ring (bicyclic) bond motifs is 1. The number of benzene rings is 2. The van der Waals surface area contributed by atoms with E-state index in [2.05, 4.69) is 5.32 Å². The maximum absolute atomic E-state index is 13.3. The first-order valence-electron chi connectivity index (χ1n) is 10.9. The van der Waals surface area contributed by atoms with Crippen molar-refractivity contribution >= 4 is 33.4 Å². The van der Waals surface area contributed by atoms with Crippen LogP contribution in [0.1, 0.15) is 35.3 Å². The van der Waals surface area contributed by atoms with Crippen LogP contribution in [0.2, 0.25) is 0 Å². The minimum absolute atomic E-state index is 0.265. The molecule has 2 atom stereocenters. The van der Waals surface area contributed by atoms with E-state index in [0.29, 0.717) is 34.7 Å². The fraction of sp³-hybridized carbons (Fsp3) is 0.375. The van der Waals surface area contributed by atoms with Crippen LogP contribution in [0.5, 0.6) is 11.5 Å². The van der Waals surface area contributed by atoms with Gasteiger partial charge in [-0.3, -0.25) is 18.8 Å². The van der Waals surface area contributed by atoms with Crippen molar-refractivity contribution in [2.24, 2.45) is 0 Å². The molecule has 1 fully saturated rings. The van der Waals surface area contributed by atoms with Gasteiger partial charge in [-0.05, 0) is 61.7 Å². The number of imide groups is 1. The number of ketones is 1. The number of hydrogen-bond donors (Lipinski definition) is 1. The van der Waals surface area contributed by atoms with Gasteiger partial charge in [0.25, 0.3) is 5.91 Å². The van der Waals surface area contributed by atoms with Crippen molar-refractivity contribution in [1.82, 2.24) is 10.2 Å². The second-order valence-corrected chi connectivity index (χ2v) is 10.8. The van der Waals surface area contributed by atoms with Crippen molar-refractivity contribution < 1.29 is 32.3 Å². The number of amides is 3. The first-order valence-corrected chi connectivity index (χ1v) is 12.8. The average Bonchev–Trinajstić information content (AvgIpc) is 3.26. The normalized spacial score (nSPS) is 21.7. The second-order valence-electron chi connectivity index (χ2n) is 8.89. The largest absolute Gasteiger partial charge is 0.493 e. The molecule has 2 aromatic carbocycles. The van der Waals surface area contributed by atoms with E-state index in [0.717, 1.165) is 16.7 Å². The molecule has 2 unspecified atom stereocenters. The fourth-order valence-electron chi connectivity index (χ4n) is 4.70. The van der Waals surface area contributed by atoms with Crippen molar-refractivity contribution in [1.29, 1.82) is 0 Å². The lowest BCUT2D eigenvalue weighted by Crippen LogP contribution is -2.41. The van der Waals surface area contributed by atoms with E-state index in [1.165, 1.54) is 24.6 Å². The number of nitrogens with zero attached hydrogens (tertiary/aromatic N) is 2. The van der Waals surface area contributed by atoms with E-state index in [1.807, 2.05) is 0 Å². The van der Waals surface area contributed by atoms with E-state index in [9.17, 15) is 22.8 Å². The van der Waals surface area contributed by atoms with Crippen LogP contribution in [0.4, 0.5) is 10.5 Å². The highest BCUT2D eigenvalue weighted by Crippen LogP contribution is 2.37. The highest BCUT2D eigenvalue weighted by Gasteiger charge is 2.49. The van der Waals surface area contributed by atoms with Gasteiger partial charge < -0.3 is 14.8 Å². The quantitative estimate of drug-likeness (QED) is 0.455. The lowest BCUT2D eigenvalue weighted by atomic mass is 9.91. The molecule has 1 saturated heterocycles. The number of rotatable bonds is 7.